The molecular weight excluding hydrogens is 206 g/mol. The quantitative estimate of drug-likeness (QED) is 0.776. The second kappa shape index (κ2) is 4.44. The average Bonchev–Trinajstić information content (AvgIpc) is 2.71. The number of nitrogens with zero attached hydrogens (tertiary/aromatic N) is 1. The van der Waals surface area contributed by atoms with Gasteiger partial charge in [-0.25, -0.2) is 0 Å². The molecule has 0 heterocycles. The van der Waals surface area contributed by atoms with Crippen LogP contribution in [0.15, 0.2) is 0 Å². The Morgan fingerprint density at radius 2 is 1.94 bits per heavy atom. The second-order valence-electron chi connectivity index (χ2n) is 5.75. The molecule has 0 radical (unpaired) electrons. The fourth-order valence-electron chi connectivity index (χ4n) is 1.95. The third-order valence-corrected chi connectivity index (χ3v) is 3.03. The van der Waals surface area contributed by atoms with E-state index in [2.05, 4.69) is 0 Å². The van der Waals surface area contributed by atoms with E-state index in [1.165, 1.54) is 4.90 Å². The highest BCUT2D eigenvalue weighted by atomic mass is 16.4. The number of rotatable bonds is 5. The molecule has 1 aliphatic rings. The zero-order valence-corrected chi connectivity index (χ0v) is 10.5. The minimum Gasteiger partial charge on any atom is -0.480 e. The van der Waals surface area contributed by atoms with E-state index in [1.807, 2.05) is 27.7 Å². The summed E-state index contributed by atoms with van der Waals surface area (Å²) in [4.78, 5) is 24.2. The summed E-state index contributed by atoms with van der Waals surface area (Å²) in [6.07, 6.45) is 0.875. The van der Waals surface area contributed by atoms with E-state index in [0.717, 1.165) is 6.42 Å². The first kappa shape index (κ1) is 13.0. The predicted molar refractivity (Wildman–Crippen MR) is 60.9 cm³/mol. The van der Waals surface area contributed by atoms with Crippen molar-refractivity contribution in [3.8, 4) is 0 Å². The van der Waals surface area contributed by atoms with Gasteiger partial charge in [0.1, 0.15) is 6.54 Å². The largest absolute Gasteiger partial charge is 0.480 e. The number of carbonyl (C=O) groups excluding carboxylic acids is 1. The van der Waals surface area contributed by atoms with Crippen molar-refractivity contribution in [3.63, 3.8) is 0 Å². The summed E-state index contributed by atoms with van der Waals surface area (Å²) in [5, 5.41) is 8.78. The van der Waals surface area contributed by atoms with Crippen LogP contribution in [0.1, 0.15) is 34.1 Å². The summed E-state index contributed by atoms with van der Waals surface area (Å²) in [7, 11) is 0. The Hall–Kier alpha value is -1.06. The normalized spacial score (nSPS) is 21.9. The van der Waals surface area contributed by atoms with Gasteiger partial charge in [0, 0.05) is 12.5 Å². The zero-order valence-electron chi connectivity index (χ0n) is 10.5. The molecule has 1 saturated carbocycles. The van der Waals surface area contributed by atoms with Gasteiger partial charge in [-0.2, -0.15) is 0 Å². The number of carboxylic acids is 1. The lowest BCUT2D eigenvalue weighted by molar-refractivity contribution is -0.145. The van der Waals surface area contributed by atoms with Crippen LogP contribution in [0.25, 0.3) is 0 Å². The summed E-state index contributed by atoms with van der Waals surface area (Å²) in [6.45, 7) is 8.41. The van der Waals surface area contributed by atoms with Crippen molar-refractivity contribution in [2.24, 2.45) is 17.3 Å². The van der Waals surface area contributed by atoms with E-state index in [4.69, 9.17) is 5.11 Å². The molecule has 92 valence electrons. The monoisotopic (exact) mass is 227 g/mol. The topological polar surface area (TPSA) is 57.6 Å². The maximum absolute atomic E-state index is 12.1. The Balaban J connectivity index is 2.62. The van der Waals surface area contributed by atoms with Crippen molar-refractivity contribution in [2.75, 3.05) is 13.1 Å². The highest BCUT2D eigenvalue weighted by molar-refractivity contribution is 5.85. The lowest BCUT2D eigenvalue weighted by Gasteiger charge is -2.23. The number of carbonyl (C=O) groups is 2. The third-order valence-electron chi connectivity index (χ3n) is 3.03. The van der Waals surface area contributed by atoms with Crippen molar-refractivity contribution in [3.05, 3.63) is 0 Å². The fraction of sp³-hybridized carbons (Fsp3) is 0.833. The summed E-state index contributed by atoms with van der Waals surface area (Å²) < 4.78 is 0. The Morgan fingerprint density at radius 1 is 1.44 bits per heavy atom. The first-order valence-corrected chi connectivity index (χ1v) is 5.74. The molecule has 1 N–H and O–H groups in total. The summed E-state index contributed by atoms with van der Waals surface area (Å²) in [5.41, 5.74) is 0.0603. The van der Waals surface area contributed by atoms with Crippen LogP contribution >= 0.6 is 0 Å². The van der Waals surface area contributed by atoms with Gasteiger partial charge in [-0.1, -0.05) is 27.7 Å². The Labute approximate surface area is 96.6 Å². The van der Waals surface area contributed by atoms with Crippen molar-refractivity contribution in [1.82, 2.24) is 4.90 Å². The molecule has 16 heavy (non-hydrogen) atoms. The van der Waals surface area contributed by atoms with Gasteiger partial charge in [0.2, 0.25) is 5.91 Å². The Morgan fingerprint density at radius 3 is 2.25 bits per heavy atom. The van der Waals surface area contributed by atoms with Crippen molar-refractivity contribution >= 4 is 11.9 Å². The molecule has 0 bridgehead atoms. The summed E-state index contributed by atoms with van der Waals surface area (Å²) >= 11 is 0. The van der Waals surface area contributed by atoms with E-state index >= 15 is 0 Å². The third kappa shape index (κ3) is 3.22. The van der Waals surface area contributed by atoms with Gasteiger partial charge in [0.25, 0.3) is 0 Å². The highest BCUT2D eigenvalue weighted by Gasteiger charge is 2.52. The molecule has 4 heteroatoms. The van der Waals surface area contributed by atoms with Crippen LogP contribution in [0.5, 0.6) is 0 Å². The van der Waals surface area contributed by atoms with Crippen LogP contribution in [-0.2, 0) is 9.59 Å². The maximum atomic E-state index is 12.1. The molecule has 1 atom stereocenters. The van der Waals surface area contributed by atoms with Crippen LogP contribution in [-0.4, -0.2) is 35.0 Å². The lowest BCUT2D eigenvalue weighted by atomic mass is 10.1. The average molecular weight is 227 g/mol. The zero-order chi connectivity index (χ0) is 12.5. The Bertz CT molecular complexity index is 297. The van der Waals surface area contributed by atoms with Crippen LogP contribution in [0, 0.1) is 17.3 Å². The molecule has 0 spiro atoms. The van der Waals surface area contributed by atoms with Gasteiger partial charge in [-0.15, -0.1) is 0 Å². The molecule has 4 nitrogen and oxygen atoms in total. The van der Waals surface area contributed by atoms with Crippen LogP contribution in [0.2, 0.25) is 0 Å². The molecule has 0 aliphatic heterocycles. The first-order valence-electron chi connectivity index (χ1n) is 5.74. The molecule has 1 amide bonds. The van der Waals surface area contributed by atoms with Crippen molar-refractivity contribution < 1.29 is 14.7 Å². The fourth-order valence-corrected chi connectivity index (χ4v) is 1.95. The molecule has 0 aromatic rings. The lowest BCUT2D eigenvalue weighted by Crippen LogP contribution is -2.39. The molecule has 1 fully saturated rings. The second-order valence-corrected chi connectivity index (χ2v) is 5.75. The first-order chi connectivity index (χ1) is 7.24. The van der Waals surface area contributed by atoms with Crippen molar-refractivity contribution in [1.29, 1.82) is 0 Å². The van der Waals surface area contributed by atoms with Gasteiger partial charge >= 0.3 is 5.97 Å². The standard InChI is InChI=1S/C12H21NO3/c1-8(2)6-13(7-10(14)15)11(16)9-5-12(9,3)4/h8-9H,5-7H2,1-4H3,(H,14,15)/t9-/m1/s1. The van der Waals surface area contributed by atoms with E-state index in [9.17, 15) is 9.59 Å². The smallest absolute Gasteiger partial charge is 0.323 e. The van der Waals surface area contributed by atoms with Crippen LogP contribution < -0.4 is 0 Å². The maximum Gasteiger partial charge on any atom is 0.323 e. The molecule has 0 aromatic heterocycles. The molecular formula is C12H21NO3. The van der Waals surface area contributed by atoms with Gasteiger partial charge in [-0.3, -0.25) is 9.59 Å². The number of hydrogen-bond donors (Lipinski definition) is 1. The van der Waals surface area contributed by atoms with Gasteiger partial charge in [-0.05, 0) is 17.8 Å². The molecule has 0 unspecified atom stereocenters. The van der Waals surface area contributed by atoms with Gasteiger partial charge < -0.3 is 10.0 Å². The molecule has 1 aliphatic carbocycles. The highest BCUT2D eigenvalue weighted by Crippen LogP contribution is 2.52. The van der Waals surface area contributed by atoms with E-state index in [0.29, 0.717) is 12.5 Å². The van der Waals surface area contributed by atoms with Gasteiger partial charge in [0.15, 0.2) is 0 Å². The predicted octanol–water partition coefficient (Wildman–Crippen LogP) is 1.60. The van der Waals surface area contributed by atoms with Gasteiger partial charge in [0.05, 0.1) is 0 Å². The number of aliphatic carboxylic acids is 1. The van der Waals surface area contributed by atoms with Crippen LogP contribution in [0.3, 0.4) is 0 Å². The molecule has 1 rings (SSSR count). The summed E-state index contributed by atoms with van der Waals surface area (Å²) in [6, 6.07) is 0. The van der Waals surface area contributed by atoms with E-state index in [-0.39, 0.29) is 23.8 Å². The SMILES string of the molecule is CC(C)CN(CC(=O)O)C(=O)[C@H]1CC1(C)C. The molecule has 0 aromatic carbocycles. The minimum absolute atomic E-state index is 0.00102. The molecule has 0 saturated heterocycles. The van der Waals surface area contributed by atoms with E-state index in [1.54, 1.807) is 0 Å². The van der Waals surface area contributed by atoms with Crippen molar-refractivity contribution in [2.45, 2.75) is 34.1 Å². The minimum atomic E-state index is -0.938. The van der Waals surface area contributed by atoms with E-state index < -0.39 is 5.97 Å². The summed E-state index contributed by atoms with van der Waals surface area (Å²) in [5.74, 6) is -0.621. The number of hydrogen-bond acceptors (Lipinski definition) is 2. The Kier molecular flexibility index (Phi) is 3.61. The number of carboxylic acid groups (broad SMARTS) is 1. The van der Waals surface area contributed by atoms with Crippen LogP contribution in [0.4, 0.5) is 0 Å². The number of amides is 1.